The van der Waals surface area contributed by atoms with Crippen LogP contribution in [0.25, 0.3) is 11.1 Å². The summed E-state index contributed by atoms with van der Waals surface area (Å²) in [7, 11) is 0. The second kappa shape index (κ2) is 15.9. The molecule has 0 atom stereocenters. The van der Waals surface area contributed by atoms with Gasteiger partial charge in [-0.2, -0.15) is 0 Å². The van der Waals surface area contributed by atoms with E-state index in [1.54, 1.807) is 0 Å². The average molecular weight is 470 g/mol. The van der Waals surface area contributed by atoms with Crippen molar-refractivity contribution in [2.45, 2.75) is 84.0 Å². The summed E-state index contributed by atoms with van der Waals surface area (Å²) in [6.45, 7) is 3.04. The third-order valence-electron chi connectivity index (χ3n) is 6.77. The Labute approximate surface area is 213 Å². The van der Waals surface area contributed by atoms with Gasteiger partial charge in [-0.3, -0.25) is 4.79 Å². The molecule has 0 saturated heterocycles. The molecule has 0 radical (unpaired) electrons. The standard InChI is InChI=1S/C33H43NO/c1-2-3-4-5-6-7-8-9-10-14-26-34-33(35)31-24-22-28(23-25-31)20-21-29-16-15-19-32(27-29)30-17-12-11-13-18-30/h11-13,15-19,22-25,27H,2-10,14,20-21,26H2,1H3,(H,34,35). The molecule has 2 nitrogen and oxygen atoms in total. The first-order valence-corrected chi connectivity index (χ1v) is 13.8. The van der Waals surface area contributed by atoms with E-state index in [1.807, 2.05) is 12.1 Å². The minimum atomic E-state index is 0.0445. The van der Waals surface area contributed by atoms with Gasteiger partial charge in [-0.05, 0) is 53.6 Å². The molecular weight excluding hydrogens is 426 g/mol. The molecule has 0 spiro atoms. The zero-order valence-corrected chi connectivity index (χ0v) is 21.6. The fourth-order valence-electron chi connectivity index (χ4n) is 4.56. The minimum Gasteiger partial charge on any atom is -0.352 e. The van der Waals surface area contributed by atoms with Crippen molar-refractivity contribution in [1.82, 2.24) is 5.32 Å². The second-order valence-corrected chi connectivity index (χ2v) is 9.70. The Balaban J connectivity index is 1.32. The molecule has 0 aliphatic rings. The number of carbonyl (C=O) groups excluding carboxylic acids is 1. The van der Waals surface area contributed by atoms with E-state index in [4.69, 9.17) is 0 Å². The first kappa shape index (κ1) is 26.7. The summed E-state index contributed by atoms with van der Waals surface area (Å²) in [6.07, 6.45) is 15.1. The van der Waals surface area contributed by atoms with Gasteiger partial charge in [0.25, 0.3) is 5.91 Å². The van der Waals surface area contributed by atoms with Crippen molar-refractivity contribution < 1.29 is 4.79 Å². The number of carbonyl (C=O) groups is 1. The van der Waals surface area contributed by atoms with Crippen LogP contribution in [-0.2, 0) is 12.8 Å². The molecule has 3 aromatic rings. The topological polar surface area (TPSA) is 29.1 Å². The summed E-state index contributed by atoms with van der Waals surface area (Å²) in [6, 6.07) is 27.4. The van der Waals surface area contributed by atoms with Crippen molar-refractivity contribution in [2.24, 2.45) is 0 Å². The molecule has 1 amide bonds. The van der Waals surface area contributed by atoms with Crippen molar-refractivity contribution in [1.29, 1.82) is 0 Å². The highest BCUT2D eigenvalue weighted by molar-refractivity contribution is 5.94. The van der Waals surface area contributed by atoms with E-state index in [2.05, 4.69) is 79.0 Å². The van der Waals surface area contributed by atoms with Crippen LogP contribution < -0.4 is 5.32 Å². The molecule has 0 aromatic heterocycles. The van der Waals surface area contributed by atoms with Crippen molar-refractivity contribution in [3.05, 3.63) is 95.6 Å². The van der Waals surface area contributed by atoms with E-state index in [9.17, 15) is 4.79 Å². The van der Waals surface area contributed by atoms with Gasteiger partial charge in [-0.1, -0.05) is 131 Å². The Bertz CT molecular complexity index is 977. The number of unbranched alkanes of at least 4 members (excludes halogenated alkanes) is 9. The highest BCUT2D eigenvalue weighted by Gasteiger charge is 2.05. The van der Waals surface area contributed by atoms with Crippen LogP contribution in [0.5, 0.6) is 0 Å². The van der Waals surface area contributed by atoms with Gasteiger partial charge < -0.3 is 5.32 Å². The number of benzene rings is 3. The van der Waals surface area contributed by atoms with Gasteiger partial charge in [0, 0.05) is 12.1 Å². The monoisotopic (exact) mass is 469 g/mol. The zero-order chi connectivity index (χ0) is 24.6. The van der Waals surface area contributed by atoms with E-state index in [-0.39, 0.29) is 5.91 Å². The van der Waals surface area contributed by atoms with E-state index in [0.29, 0.717) is 0 Å². The van der Waals surface area contributed by atoms with Crippen LogP contribution in [0.3, 0.4) is 0 Å². The third kappa shape index (κ3) is 10.1. The number of amides is 1. The molecule has 0 heterocycles. The SMILES string of the molecule is CCCCCCCCCCCCNC(=O)c1ccc(CCc2cccc(-c3ccccc3)c2)cc1. The smallest absolute Gasteiger partial charge is 0.251 e. The first-order chi connectivity index (χ1) is 17.3. The van der Waals surface area contributed by atoms with E-state index in [1.165, 1.54) is 80.0 Å². The maximum Gasteiger partial charge on any atom is 0.251 e. The number of aryl methyl sites for hydroxylation is 2. The lowest BCUT2D eigenvalue weighted by molar-refractivity contribution is 0.0953. The van der Waals surface area contributed by atoms with Crippen LogP contribution >= 0.6 is 0 Å². The summed E-state index contributed by atoms with van der Waals surface area (Å²) in [5.41, 5.74) is 5.87. The Kier molecular flexibility index (Phi) is 12.2. The van der Waals surface area contributed by atoms with Crippen LogP contribution in [0.1, 0.15) is 92.6 Å². The minimum absolute atomic E-state index is 0.0445. The lowest BCUT2D eigenvalue weighted by Gasteiger charge is -2.08. The zero-order valence-electron chi connectivity index (χ0n) is 21.6. The molecule has 186 valence electrons. The van der Waals surface area contributed by atoms with Crippen LogP contribution in [0.15, 0.2) is 78.9 Å². The fourth-order valence-corrected chi connectivity index (χ4v) is 4.56. The number of hydrogen-bond donors (Lipinski definition) is 1. The Morgan fingerprint density at radius 2 is 1.20 bits per heavy atom. The van der Waals surface area contributed by atoms with Crippen molar-refractivity contribution in [3.63, 3.8) is 0 Å². The highest BCUT2D eigenvalue weighted by atomic mass is 16.1. The molecular formula is C33H43NO. The largest absolute Gasteiger partial charge is 0.352 e. The molecule has 0 unspecified atom stereocenters. The molecule has 35 heavy (non-hydrogen) atoms. The Hall–Kier alpha value is -2.87. The van der Waals surface area contributed by atoms with Gasteiger partial charge in [-0.15, -0.1) is 0 Å². The van der Waals surface area contributed by atoms with Crippen molar-refractivity contribution in [3.8, 4) is 11.1 Å². The summed E-state index contributed by atoms with van der Waals surface area (Å²) in [5, 5.41) is 3.08. The van der Waals surface area contributed by atoms with Crippen LogP contribution in [0.4, 0.5) is 0 Å². The Morgan fingerprint density at radius 1 is 0.600 bits per heavy atom. The van der Waals surface area contributed by atoms with Gasteiger partial charge in [-0.25, -0.2) is 0 Å². The normalized spacial score (nSPS) is 10.9. The van der Waals surface area contributed by atoms with E-state index < -0.39 is 0 Å². The van der Waals surface area contributed by atoms with E-state index in [0.717, 1.165) is 31.4 Å². The van der Waals surface area contributed by atoms with Crippen molar-refractivity contribution in [2.75, 3.05) is 6.54 Å². The van der Waals surface area contributed by atoms with Gasteiger partial charge >= 0.3 is 0 Å². The highest BCUT2D eigenvalue weighted by Crippen LogP contribution is 2.21. The molecule has 0 aliphatic carbocycles. The third-order valence-corrected chi connectivity index (χ3v) is 6.77. The predicted octanol–water partition coefficient (Wildman–Crippen LogP) is 8.79. The first-order valence-electron chi connectivity index (χ1n) is 13.8. The lowest BCUT2D eigenvalue weighted by Crippen LogP contribution is -2.24. The summed E-state index contributed by atoms with van der Waals surface area (Å²) < 4.78 is 0. The molecule has 0 saturated carbocycles. The molecule has 1 N–H and O–H groups in total. The maximum atomic E-state index is 12.5. The lowest BCUT2D eigenvalue weighted by atomic mass is 9.99. The van der Waals surface area contributed by atoms with Crippen LogP contribution in [-0.4, -0.2) is 12.5 Å². The number of nitrogens with one attached hydrogen (secondary N) is 1. The molecule has 0 fully saturated rings. The number of hydrogen-bond acceptors (Lipinski definition) is 1. The second-order valence-electron chi connectivity index (χ2n) is 9.70. The summed E-state index contributed by atoms with van der Waals surface area (Å²) in [4.78, 5) is 12.5. The fraction of sp³-hybridized carbons (Fsp3) is 0.424. The molecule has 2 heteroatoms. The van der Waals surface area contributed by atoms with Gasteiger partial charge in [0.2, 0.25) is 0 Å². The molecule has 0 aliphatic heterocycles. The van der Waals surface area contributed by atoms with Crippen LogP contribution in [0, 0.1) is 0 Å². The average Bonchev–Trinajstić information content (AvgIpc) is 2.91. The molecule has 0 bridgehead atoms. The quantitative estimate of drug-likeness (QED) is 0.209. The van der Waals surface area contributed by atoms with E-state index >= 15 is 0 Å². The Morgan fingerprint density at radius 3 is 1.89 bits per heavy atom. The van der Waals surface area contributed by atoms with Gasteiger partial charge in [0.1, 0.15) is 0 Å². The van der Waals surface area contributed by atoms with Crippen LogP contribution in [0.2, 0.25) is 0 Å². The predicted molar refractivity (Wildman–Crippen MR) is 150 cm³/mol. The maximum absolute atomic E-state index is 12.5. The van der Waals surface area contributed by atoms with Gasteiger partial charge in [0.15, 0.2) is 0 Å². The van der Waals surface area contributed by atoms with Gasteiger partial charge in [0.05, 0.1) is 0 Å². The summed E-state index contributed by atoms with van der Waals surface area (Å²) in [5.74, 6) is 0.0445. The van der Waals surface area contributed by atoms with Crippen molar-refractivity contribution >= 4 is 5.91 Å². The molecule has 3 rings (SSSR count). The number of rotatable bonds is 16. The summed E-state index contributed by atoms with van der Waals surface area (Å²) >= 11 is 0. The molecule has 3 aromatic carbocycles.